The lowest BCUT2D eigenvalue weighted by Crippen LogP contribution is -2.51. The van der Waals surface area contributed by atoms with Crippen LogP contribution < -0.4 is 0 Å². The predicted octanol–water partition coefficient (Wildman–Crippen LogP) is -2.56. The molecule has 0 aliphatic carbocycles. The molecule has 0 aromatic rings. The molecule has 0 fully saturated rings. The largest absolute Gasteiger partial charge is 0.394 e. The van der Waals surface area contributed by atoms with E-state index in [9.17, 15) is 20.4 Å². The van der Waals surface area contributed by atoms with Gasteiger partial charge in [-0.2, -0.15) is 0 Å². The van der Waals surface area contributed by atoms with Gasteiger partial charge in [-0.3, -0.25) is 0 Å². The summed E-state index contributed by atoms with van der Waals surface area (Å²) in [6.07, 6.45) is -8.64. The van der Waals surface area contributed by atoms with Gasteiger partial charge in [0.25, 0.3) is 0 Å². The summed E-state index contributed by atoms with van der Waals surface area (Å²) in [7, 11) is 0. The minimum Gasteiger partial charge on any atom is -0.394 e. The Hall–Kier alpha value is -0.240. The van der Waals surface area contributed by atoms with Gasteiger partial charge in [-0.1, -0.05) is 13.8 Å². The van der Waals surface area contributed by atoms with Gasteiger partial charge in [-0.25, -0.2) is 0 Å². The molecule has 6 N–H and O–H groups in total. The van der Waals surface area contributed by atoms with Crippen molar-refractivity contribution in [2.45, 2.75) is 44.4 Å². The van der Waals surface area contributed by atoms with E-state index in [1.807, 2.05) is 0 Å². The van der Waals surface area contributed by atoms with Crippen LogP contribution in [-0.4, -0.2) is 67.8 Å². The average Bonchev–Trinajstić information content (AvgIpc) is 2.22. The molecule has 0 aliphatic rings. The molecule has 0 heterocycles. The lowest BCUT2D eigenvalue weighted by Gasteiger charge is -2.29. The molecule has 0 aromatic carbocycles. The van der Waals surface area contributed by atoms with Crippen LogP contribution in [0.25, 0.3) is 0 Å². The number of rotatable bonds is 6. The maximum atomic E-state index is 9.48. The second-order valence-corrected chi connectivity index (χ2v) is 3.74. The molecule has 0 bridgehead atoms. The van der Waals surface area contributed by atoms with Crippen LogP contribution >= 0.6 is 0 Å². The third kappa shape index (κ3) is 4.02. The lowest BCUT2D eigenvalue weighted by atomic mass is 9.93. The molecular weight excluding hydrogens is 204 g/mol. The van der Waals surface area contributed by atoms with Crippen LogP contribution in [0.1, 0.15) is 15.2 Å². The Morgan fingerprint density at radius 3 is 1.60 bits per heavy atom. The quantitative estimate of drug-likeness (QED) is 0.296. The molecule has 0 aliphatic heterocycles. The van der Waals surface area contributed by atoms with E-state index in [1.165, 1.54) is 13.8 Å². The summed E-state index contributed by atoms with van der Waals surface area (Å²) in [4.78, 5) is 0. The summed E-state index contributed by atoms with van der Waals surface area (Å²) >= 11 is 0. The first-order valence-electron chi connectivity index (χ1n) is 5.14. The molecule has 5 atom stereocenters. The van der Waals surface area contributed by atoms with Crippen molar-refractivity contribution in [1.82, 2.24) is 0 Å². The highest BCUT2D eigenvalue weighted by atomic mass is 16.4. The number of hydrogen-bond donors (Lipinski definition) is 6. The molecule has 0 saturated heterocycles. The topological polar surface area (TPSA) is 121 Å². The Morgan fingerprint density at radius 2 is 1.27 bits per heavy atom. The van der Waals surface area contributed by atoms with Gasteiger partial charge < -0.3 is 30.6 Å². The molecule has 92 valence electrons. The van der Waals surface area contributed by atoms with Crippen LogP contribution in [0.15, 0.2) is 0 Å². The molecule has 0 amide bonds. The fraction of sp³-hybridized carbons (Fsp3) is 1.00. The monoisotopic (exact) mass is 225 g/mol. The fourth-order valence-electron chi connectivity index (χ4n) is 1.07. The van der Waals surface area contributed by atoms with Gasteiger partial charge >= 0.3 is 0 Å². The molecule has 15 heavy (non-hydrogen) atoms. The summed E-state index contributed by atoms with van der Waals surface area (Å²) in [5.74, 6) is -1.43. The van der Waals surface area contributed by atoms with Crippen molar-refractivity contribution < 1.29 is 32.0 Å². The minimum atomic E-state index is -1.85. The number of hydrogen-bond acceptors (Lipinski definition) is 6. The van der Waals surface area contributed by atoms with Crippen LogP contribution in [0.5, 0.6) is 0 Å². The summed E-state index contributed by atoms with van der Waals surface area (Å²) in [6.45, 7) is 1.86. The minimum absolute atomic E-state index is 0.786. The third-order valence-corrected chi connectivity index (χ3v) is 2.20. The van der Waals surface area contributed by atoms with E-state index in [-0.39, 0.29) is 0 Å². The van der Waals surface area contributed by atoms with Crippen molar-refractivity contribution in [3.8, 4) is 0 Å². The van der Waals surface area contributed by atoms with Crippen molar-refractivity contribution in [1.29, 1.82) is 0 Å². The predicted molar refractivity (Wildman–Crippen MR) is 52.0 cm³/mol. The molecule has 0 radical (unpaired) electrons. The zero-order valence-corrected chi connectivity index (χ0v) is 8.78. The van der Waals surface area contributed by atoms with Crippen molar-refractivity contribution in [3.63, 3.8) is 0 Å². The van der Waals surface area contributed by atoms with E-state index in [0.717, 1.165) is 0 Å². The number of aliphatic hydroxyl groups is 6. The lowest BCUT2D eigenvalue weighted by molar-refractivity contribution is -0.146. The molecule has 1 unspecified atom stereocenters. The Morgan fingerprint density at radius 1 is 0.867 bits per heavy atom. The summed E-state index contributed by atoms with van der Waals surface area (Å²) < 4.78 is 7.44. The molecule has 0 rings (SSSR count). The highest BCUT2D eigenvalue weighted by molar-refractivity contribution is 4.85. The molecule has 0 spiro atoms. The SMILES string of the molecule is [2H]C(C)(C)C(O)[C@H](O)[C@@H](O)[C@H](O)[C@H](O)CO. The van der Waals surface area contributed by atoms with Crippen molar-refractivity contribution in [3.05, 3.63) is 0 Å². The van der Waals surface area contributed by atoms with Crippen LogP contribution in [0, 0.1) is 5.89 Å². The summed E-state index contributed by atoms with van der Waals surface area (Å²) in [6, 6.07) is 0. The maximum absolute atomic E-state index is 9.48. The first kappa shape index (κ1) is 12.8. The summed E-state index contributed by atoms with van der Waals surface area (Å²) in [5, 5.41) is 55.2. The fourth-order valence-corrected chi connectivity index (χ4v) is 1.07. The molecule has 6 nitrogen and oxygen atoms in total. The van der Waals surface area contributed by atoms with Gasteiger partial charge in [-0.05, 0) is 5.89 Å². The van der Waals surface area contributed by atoms with Crippen molar-refractivity contribution in [2.75, 3.05) is 6.61 Å². The highest BCUT2D eigenvalue weighted by Gasteiger charge is 2.34. The van der Waals surface area contributed by atoms with Gasteiger partial charge in [0.2, 0.25) is 0 Å². The van der Waals surface area contributed by atoms with E-state index >= 15 is 0 Å². The van der Waals surface area contributed by atoms with Crippen LogP contribution in [0.3, 0.4) is 0 Å². The normalized spacial score (nSPS) is 23.9. The standard InChI is InChI=1S/C9H20O6/c1-4(2)6(12)8(14)9(15)7(13)5(11)3-10/h4-15H,3H2,1-2H3/t5-,6?,7-,8+,9+/m1/s1/i4D. The van der Waals surface area contributed by atoms with Crippen molar-refractivity contribution in [2.24, 2.45) is 5.89 Å². The first-order valence-corrected chi connectivity index (χ1v) is 4.64. The maximum Gasteiger partial charge on any atom is 0.111 e. The van der Waals surface area contributed by atoms with Gasteiger partial charge in [0.05, 0.1) is 12.7 Å². The molecular formula is C9H20O6. The Labute approximate surface area is 89.8 Å². The highest BCUT2D eigenvalue weighted by Crippen LogP contribution is 2.13. The molecule has 0 aromatic heterocycles. The van der Waals surface area contributed by atoms with E-state index in [1.54, 1.807) is 0 Å². The molecule has 0 saturated carbocycles. The smallest absolute Gasteiger partial charge is 0.111 e. The van der Waals surface area contributed by atoms with Crippen LogP contribution in [0.2, 0.25) is 0 Å². The third-order valence-electron chi connectivity index (χ3n) is 2.20. The Kier molecular flexibility index (Phi) is 5.44. The van der Waals surface area contributed by atoms with Crippen molar-refractivity contribution >= 4 is 0 Å². The second kappa shape index (κ2) is 6.37. The van der Waals surface area contributed by atoms with E-state index < -0.39 is 43.0 Å². The molecule has 6 heteroatoms. The van der Waals surface area contributed by atoms with Gasteiger partial charge in [0, 0.05) is 1.37 Å². The summed E-state index contributed by atoms with van der Waals surface area (Å²) in [5.41, 5.74) is 0. The first-order chi connectivity index (χ1) is 7.12. The Bertz CT molecular complexity index is 207. The van der Waals surface area contributed by atoms with E-state index in [2.05, 4.69) is 0 Å². The van der Waals surface area contributed by atoms with Crippen LogP contribution in [-0.2, 0) is 0 Å². The van der Waals surface area contributed by atoms with Gasteiger partial charge in [0.1, 0.15) is 24.4 Å². The van der Waals surface area contributed by atoms with Gasteiger partial charge in [-0.15, -0.1) is 0 Å². The van der Waals surface area contributed by atoms with E-state index in [4.69, 9.17) is 11.6 Å². The van der Waals surface area contributed by atoms with E-state index in [0.29, 0.717) is 0 Å². The average molecular weight is 225 g/mol. The zero-order chi connectivity index (χ0) is 13.1. The zero-order valence-electron chi connectivity index (χ0n) is 9.78. The number of aliphatic hydroxyl groups excluding tert-OH is 6. The van der Waals surface area contributed by atoms with Crippen LogP contribution in [0.4, 0.5) is 0 Å². The van der Waals surface area contributed by atoms with Gasteiger partial charge in [0.15, 0.2) is 0 Å². The Balaban J connectivity index is 4.55. The second-order valence-electron chi connectivity index (χ2n) is 3.74.